The zero-order chi connectivity index (χ0) is 20.9. The van der Waals surface area contributed by atoms with E-state index < -0.39 is 23.4 Å². The van der Waals surface area contributed by atoms with E-state index in [0.29, 0.717) is 0 Å². The van der Waals surface area contributed by atoms with E-state index in [4.69, 9.17) is 5.21 Å². The van der Waals surface area contributed by atoms with Crippen LogP contribution < -0.4 is 16.4 Å². The van der Waals surface area contributed by atoms with E-state index in [1.54, 1.807) is 29.9 Å². The molecule has 0 radical (unpaired) electrons. The van der Waals surface area contributed by atoms with Gasteiger partial charge in [-0.05, 0) is 35.2 Å². The highest BCUT2D eigenvalue weighted by molar-refractivity contribution is 5.94. The maximum Gasteiger partial charge on any atom is 0.274 e. The van der Waals surface area contributed by atoms with Crippen LogP contribution in [0.5, 0.6) is 0 Å². The van der Waals surface area contributed by atoms with E-state index in [1.807, 2.05) is 20.8 Å². The first kappa shape index (κ1) is 21.3. The highest BCUT2D eigenvalue weighted by Crippen LogP contribution is 2.19. The van der Waals surface area contributed by atoms with Crippen molar-refractivity contribution in [3.05, 3.63) is 69.6 Å². The van der Waals surface area contributed by atoms with Crippen LogP contribution in [-0.2, 0) is 6.54 Å². The van der Waals surface area contributed by atoms with E-state index in [-0.39, 0.29) is 29.7 Å². The van der Waals surface area contributed by atoms with Gasteiger partial charge in [-0.15, -0.1) is 0 Å². The Morgan fingerprint density at radius 1 is 1.11 bits per heavy atom. The molecular weight excluding hydrogens is 362 g/mol. The summed E-state index contributed by atoms with van der Waals surface area (Å²) in [5, 5.41) is 20.9. The highest BCUT2D eigenvalue weighted by atomic mass is 16.5. The molecule has 0 saturated heterocycles. The van der Waals surface area contributed by atoms with Crippen LogP contribution >= 0.6 is 0 Å². The van der Waals surface area contributed by atoms with Crippen LogP contribution in [-0.4, -0.2) is 39.3 Å². The van der Waals surface area contributed by atoms with Crippen LogP contribution in [0.3, 0.4) is 0 Å². The van der Waals surface area contributed by atoms with Gasteiger partial charge in [0.15, 0.2) is 0 Å². The van der Waals surface area contributed by atoms with Gasteiger partial charge in [-0.1, -0.05) is 32.9 Å². The fourth-order valence-corrected chi connectivity index (χ4v) is 2.63. The average molecular weight is 387 g/mol. The molecule has 4 N–H and O–H groups in total. The van der Waals surface area contributed by atoms with Gasteiger partial charge in [0, 0.05) is 11.8 Å². The molecule has 0 aliphatic heterocycles. The molecule has 28 heavy (non-hydrogen) atoms. The third kappa shape index (κ3) is 5.05. The summed E-state index contributed by atoms with van der Waals surface area (Å²) < 4.78 is 1.39. The van der Waals surface area contributed by atoms with Crippen molar-refractivity contribution in [1.29, 1.82) is 0 Å². The maximum absolute atomic E-state index is 12.7. The van der Waals surface area contributed by atoms with Gasteiger partial charge in [0.25, 0.3) is 17.4 Å². The third-order valence-corrected chi connectivity index (χ3v) is 4.47. The number of hydrogen-bond acceptors (Lipinski definition) is 5. The molecule has 0 bridgehead atoms. The number of aliphatic hydroxyl groups is 1. The molecule has 1 aromatic carbocycles. The van der Waals surface area contributed by atoms with Gasteiger partial charge >= 0.3 is 0 Å². The minimum atomic E-state index is -0.625. The maximum atomic E-state index is 12.7. The Morgan fingerprint density at radius 2 is 1.75 bits per heavy atom. The summed E-state index contributed by atoms with van der Waals surface area (Å²) in [6.07, 6.45) is 1.57. The monoisotopic (exact) mass is 387 g/mol. The first-order valence-corrected chi connectivity index (χ1v) is 8.82. The molecule has 2 aromatic rings. The van der Waals surface area contributed by atoms with Crippen molar-refractivity contribution >= 4 is 11.8 Å². The van der Waals surface area contributed by atoms with E-state index in [0.717, 1.165) is 5.56 Å². The Balaban J connectivity index is 2.22. The van der Waals surface area contributed by atoms with Crippen LogP contribution in [0.1, 0.15) is 47.1 Å². The number of pyridine rings is 1. The molecule has 0 unspecified atom stereocenters. The van der Waals surface area contributed by atoms with Gasteiger partial charge in [0.2, 0.25) is 0 Å². The number of rotatable bonds is 6. The molecule has 8 heteroatoms. The second kappa shape index (κ2) is 8.81. The lowest BCUT2D eigenvalue weighted by molar-refractivity contribution is 0.0706. The van der Waals surface area contributed by atoms with Gasteiger partial charge in [-0.3, -0.25) is 19.6 Å². The number of hydroxylamine groups is 1. The molecule has 0 spiro atoms. The Morgan fingerprint density at radius 3 is 2.29 bits per heavy atom. The smallest absolute Gasteiger partial charge is 0.274 e. The average Bonchev–Trinajstić information content (AvgIpc) is 2.66. The fourth-order valence-electron chi connectivity index (χ4n) is 2.63. The second-order valence-electron chi connectivity index (χ2n) is 7.57. The van der Waals surface area contributed by atoms with Crippen LogP contribution in [0.4, 0.5) is 0 Å². The number of nitrogens with one attached hydrogen (secondary N) is 2. The van der Waals surface area contributed by atoms with Crippen molar-refractivity contribution in [3.63, 3.8) is 0 Å². The second-order valence-corrected chi connectivity index (χ2v) is 7.57. The zero-order valence-electron chi connectivity index (χ0n) is 16.1. The number of carbonyl (C=O) groups excluding carboxylic acids is 2. The summed E-state index contributed by atoms with van der Waals surface area (Å²) in [6, 6.07) is 8.93. The Hall–Kier alpha value is -2.97. The van der Waals surface area contributed by atoms with Gasteiger partial charge in [0.05, 0.1) is 19.2 Å². The van der Waals surface area contributed by atoms with Crippen molar-refractivity contribution in [1.82, 2.24) is 15.4 Å². The number of amides is 2. The highest BCUT2D eigenvalue weighted by Gasteiger charge is 2.26. The van der Waals surface area contributed by atoms with Gasteiger partial charge in [0.1, 0.15) is 5.56 Å². The number of aromatic nitrogens is 1. The Bertz CT molecular complexity index is 897. The fraction of sp³-hybridized carbons (Fsp3) is 0.350. The topological polar surface area (TPSA) is 121 Å². The molecule has 0 saturated carbocycles. The zero-order valence-corrected chi connectivity index (χ0v) is 16.1. The van der Waals surface area contributed by atoms with Crippen LogP contribution in [0.15, 0.2) is 47.4 Å². The summed E-state index contributed by atoms with van der Waals surface area (Å²) >= 11 is 0. The minimum absolute atomic E-state index is 0.0125. The van der Waals surface area contributed by atoms with Crippen molar-refractivity contribution < 1.29 is 19.9 Å². The number of hydrogen-bond donors (Lipinski definition) is 4. The molecular formula is C20H25N3O5. The standard InChI is InChI=1S/C20H25N3O5/c1-20(2,3)16(12-24)21-18(26)15-5-4-10-23(19(15)27)11-13-6-8-14(9-7-13)17(25)22-28/h4-10,16,24,28H,11-12H2,1-3H3,(H,21,26)(H,22,25)/t16-/m1/s1. The molecule has 0 aliphatic rings. The summed E-state index contributed by atoms with van der Waals surface area (Å²) in [5.41, 5.74) is 1.75. The van der Waals surface area contributed by atoms with E-state index in [1.165, 1.54) is 22.8 Å². The predicted octanol–water partition coefficient (Wildman–Crippen LogP) is 1.15. The molecule has 1 aromatic heterocycles. The van der Waals surface area contributed by atoms with E-state index >= 15 is 0 Å². The number of nitrogens with zero attached hydrogens (tertiary/aromatic N) is 1. The first-order valence-electron chi connectivity index (χ1n) is 8.82. The molecule has 150 valence electrons. The summed E-state index contributed by atoms with van der Waals surface area (Å²) in [4.78, 5) is 36.6. The summed E-state index contributed by atoms with van der Waals surface area (Å²) in [6.45, 7) is 5.64. The van der Waals surface area contributed by atoms with Gasteiger partial charge < -0.3 is 15.0 Å². The lowest BCUT2D eigenvalue weighted by Gasteiger charge is -2.29. The van der Waals surface area contributed by atoms with E-state index in [2.05, 4.69) is 5.32 Å². The molecule has 0 fully saturated rings. The Labute approximate surface area is 162 Å². The molecule has 1 atom stereocenters. The van der Waals surface area contributed by atoms with Crippen molar-refractivity contribution in [2.45, 2.75) is 33.4 Å². The van der Waals surface area contributed by atoms with Crippen LogP contribution in [0, 0.1) is 5.41 Å². The lowest BCUT2D eigenvalue weighted by atomic mass is 9.87. The van der Waals surface area contributed by atoms with Crippen molar-refractivity contribution in [2.24, 2.45) is 5.41 Å². The van der Waals surface area contributed by atoms with Gasteiger partial charge in [-0.2, -0.15) is 0 Å². The van der Waals surface area contributed by atoms with E-state index in [9.17, 15) is 19.5 Å². The van der Waals surface area contributed by atoms with Gasteiger partial charge in [-0.25, -0.2) is 5.48 Å². The predicted molar refractivity (Wildman–Crippen MR) is 103 cm³/mol. The first-order chi connectivity index (χ1) is 13.2. The molecule has 2 rings (SSSR count). The summed E-state index contributed by atoms with van der Waals surface area (Å²) in [5.74, 6) is -1.16. The quantitative estimate of drug-likeness (QED) is 0.438. The normalized spacial score (nSPS) is 12.3. The Kier molecular flexibility index (Phi) is 6.71. The lowest BCUT2D eigenvalue weighted by Crippen LogP contribution is -2.47. The number of carbonyl (C=O) groups is 2. The minimum Gasteiger partial charge on any atom is -0.394 e. The summed E-state index contributed by atoms with van der Waals surface area (Å²) in [7, 11) is 0. The molecule has 2 amide bonds. The van der Waals surface area contributed by atoms with Crippen LogP contribution in [0.2, 0.25) is 0 Å². The third-order valence-electron chi connectivity index (χ3n) is 4.47. The van der Waals surface area contributed by atoms with Crippen molar-refractivity contribution in [2.75, 3.05) is 6.61 Å². The van der Waals surface area contributed by atoms with Crippen molar-refractivity contribution in [3.8, 4) is 0 Å². The molecule has 0 aliphatic carbocycles. The molecule has 8 nitrogen and oxygen atoms in total. The number of benzene rings is 1. The van der Waals surface area contributed by atoms with Crippen LogP contribution in [0.25, 0.3) is 0 Å². The number of aliphatic hydroxyl groups excluding tert-OH is 1. The largest absolute Gasteiger partial charge is 0.394 e. The molecule has 1 heterocycles. The SMILES string of the molecule is CC(C)(C)[C@@H](CO)NC(=O)c1cccn(Cc2ccc(C(=O)NO)cc2)c1=O.